The van der Waals surface area contributed by atoms with Gasteiger partial charge in [0.25, 0.3) is 0 Å². The first-order valence-electron chi connectivity index (χ1n) is 7.82. The Bertz CT molecular complexity index is 796. The number of aromatic nitrogens is 3. The summed E-state index contributed by atoms with van der Waals surface area (Å²) < 4.78 is 7.33. The summed E-state index contributed by atoms with van der Waals surface area (Å²) >= 11 is 0. The number of hydrogen-bond donors (Lipinski definition) is 0. The van der Waals surface area contributed by atoms with Crippen LogP contribution in [0.15, 0.2) is 48.7 Å². The van der Waals surface area contributed by atoms with Crippen molar-refractivity contribution in [3.05, 3.63) is 60.0 Å². The van der Waals surface area contributed by atoms with Crippen LogP contribution in [0.5, 0.6) is 0 Å². The maximum Gasteiger partial charge on any atom is 0.339 e. The molecule has 0 spiro atoms. The van der Waals surface area contributed by atoms with Gasteiger partial charge in [-0.25, -0.2) is 14.8 Å². The van der Waals surface area contributed by atoms with Crippen LogP contribution in [0.4, 0.5) is 0 Å². The molecule has 0 atom stereocenters. The molecule has 5 heteroatoms. The number of unbranched alkanes of at least 4 members (excludes halogenated alkanes) is 1. The molecule has 3 rings (SSSR count). The molecule has 2 heterocycles. The first kappa shape index (κ1) is 15.2. The first-order valence-corrected chi connectivity index (χ1v) is 7.82. The number of pyridine rings is 1. The summed E-state index contributed by atoms with van der Waals surface area (Å²) in [6.07, 6.45) is 4.69. The van der Waals surface area contributed by atoms with Crippen molar-refractivity contribution in [2.75, 3.05) is 0 Å². The normalized spacial score (nSPS) is 10.8. The Morgan fingerprint density at radius 1 is 1.17 bits per heavy atom. The lowest BCUT2D eigenvalue weighted by Crippen LogP contribution is -2.12. The minimum atomic E-state index is -0.343. The molecule has 0 saturated heterocycles. The van der Waals surface area contributed by atoms with E-state index in [9.17, 15) is 4.79 Å². The third-order valence-electron chi connectivity index (χ3n) is 3.67. The number of esters is 1. The summed E-state index contributed by atoms with van der Waals surface area (Å²) in [6, 6.07) is 12.8. The van der Waals surface area contributed by atoms with Crippen molar-refractivity contribution >= 4 is 17.1 Å². The predicted molar refractivity (Wildman–Crippen MR) is 88.0 cm³/mol. The molecule has 1 aromatic carbocycles. The van der Waals surface area contributed by atoms with Gasteiger partial charge in [-0.15, -0.1) is 0 Å². The molecule has 0 N–H and O–H groups in total. The van der Waals surface area contributed by atoms with Crippen LogP contribution in [0.25, 0.3) is 11.2 Å². The third-order valence-corrected chi connectivity index (χ3v) is 3.67. The highest BCUT2D eigenvalue weighted by atomic mass is 16.5. The first-order chi connectivity index (χ1) is 11.3. The van der Waals surface area contributed by atoms with Crippen molar-refractivity contribution in [2.24, 2.45) is 0 Å². The Balaban J connectivity index is 1.82. The van der Waals surface area contributed by atoms with Gasteiger partial charge in [0.15, 0.2) is 12.4 Å². The van der Waals surface area contributed by atoms with Crippen molar-refractivity contribution in [1.82, 2.24) is 14.5 Å². The van der Waals surface area contributed by atoms with Crippen molar-refractivity contribution in [3.63, 3.8) is 0 Å². The highest BCUT2D eigenvalue weighted by Gasteiger charge is 2.13. The van der Waals surface area contributed by atoms with Gasteiger partial charge in [-0.1, -0.05) is 31.5 Å². The van der Waals surface area contributed by atoms with Crippen molar-refractivity contribution in [2.45, 2.75) is 32.9 Å². The molecule has 2 aromatic heterocycles. The minimum Gasteiger partial charge on any atom is -0.440 e. The van der Waals surface area contributed by atoms with E-state index in [4.69, 9.17) is 4.74 Å². The zero-order valence-electron chi connectivity index (χ0n) is 13.1. The summed E-state index contributed by atoms with van der Waals surface area (Å²) in [5.41, 5.74) is 2.12. The van der Waals surface area contributed by atoms with Gasteiger partial charge in [-0.05, 0) is 30.7 Å². The number of aryl methyl sites for hydroxylation is 1. The molecule has 5 nitrogen and oxygen atoms in total. The number of fused-ring (bicyclic) bond motifs is 1. The molecule has 0 bridgehead atoms. The van der Waals surface area contributed by atoms with Crippen molar-refractivity contribution < 1.29 is 9.53 Å². The molecule has 0 saturated carbocycles. The lowest BCUT2D eigenvalue weighted by atomic mass is 10.2. The monoisotopic (exact) mass is 309 g/mol. The fourth-order valence-electron chi connectivity index (χ4n) is 2.45. The highest BCUT2D eigenvalue weighted by Crippen LogP contribution is 2.16. The largest absolute Gasteiger partial charge is 0.440 e. The number of imidazole rings is 1. The van der Waals surface area contributed by atoms with Gasteiger partial charge >= 0.3 is 5.97 Å². The quantitative estimate of drug-likeness (QED) is 0.653. The fourth-order valence-corrected chi connectivity index (χ4v) is 2.45. The third kappa shape index (κ3) is 3.39. The van der Waals surface area contributed by atoms with Gasteiger partial charge in [0.05, 0.1) is 5.56 Å². The smallest absolute Gasteiger partial charge is 0.339 e. The average Bonchev–Trinajstić information content (AvgIpc) is 2.96. The zero-order valence-corrected chi connectivity index (χ0v) is 13.1. The Hall–Kier alpha value is -2.69. The second-order valence-electron chi connectivity index (χ2n) is 5.33. The van der Waals surface area contributed by atoms with Gasteiger partial charge in [-0.2, -0.15) is 0 Å². The molecule has 118 valence electrons. The van der Waals surface area contributed by atoms with Gasteiger partial charge in [0.2, 0.25) is 0 Å². The van der Waals surface area contributed by atoms with E-state index in [2.05, 4.69) is 16.9 Å². The minimum absolute atomic E-state index is 0.125. The number of carbonyl (C=O) groups is 1. The average molecular weight is 309 g/mol. The van der Waals surface area contributed by atoms with Crippen LogP contribution in [-0.2, 0) is 17.9 Å². The van der Waals surface area contributed by atoms with Gasteiger partial charge in [0.1, 0.15) is 11.3 Å². The molecule has 0 aliphatic heterocycles. The van der Waals surface area contributed by atoms with Crippen LogP contribution in [0.2, 0.25) is 0 Å². The molecular formula is C18H19N3O2. The van der Waals surface area contributed by atoms with Crippen LogP contribution >= 0.6 is 0 Å². The molecule has 0 unspecified atom stereocenters. The molecule has 0 fully saturated rings. The topological polar surface area (TPSA) is 57.0 Å². The van der Waals surface area contributed by atoms with E-state index in [1.165, 1.54) is 0 Å². The Morgan fingerprint density at radius 2 is 2.00 bits per heavy atom. The lowest BCUT2D eigenvalue weighted by molar-refractivity contribution is 0.0373. The second kappa shape index (κ2) is 7.05. The predicted octanol–water partition coefficient (Wildman–Crippen LogP) is 3.59. The summed E-state index contributed by atoms with van der Waals surface area (Å²) in [4.78, 5) is 21.1. The molecule has 0 radical (unpaired) electrons. The number of benzene rings is 1. The maximum absolute atomic E-state index is 12.1. The SMILES string of the molecule is CCCCc1nc2cccnc2n1COC(=O)c1ccccc1. The van der Waals surface area contributed by atoms with Gasteiger partial charge in [-0.3, -0.25) is 4.57 Å². The molecule has 23 heavy (non-hydrogen) atoms. The van der Waals surface area contributed by atoms with Crippen molar-refractivity contribution in [3.8, 4) is 0 Å². The van der Waals surface area contributed by atoms with Gasteiger partial charge < -0.3 is 4.74 Å². The number of hydrogen-bond acceptors (Lipinski definition) is 4. The molecular weight excluding hydrogens is 290 g/mol. The van der Waals surface area contributed by atoms with E-state index in [-0.39, 0.29) is 12.7 Å². The molecule has 0 amide bonds. The molecule has 0 aliphatic rings. The van der Waals surface area contributed by atoms with E-state index < -0.39 is 0 Å². The number of rotatable bonds is 6. The Kier molecular flexibility index (Phi) is 4.66. The number of ether oxygens (including phenoxy) is 1. The zero-order chi connectivity index (χ0) is 16.1. The van der Waals surface area contributed by atoms with E-state index in [1.54, 1.807) is 18.3 Å². The van der Waals surface area contributed by atoms with Crippen LogP contribution in [0.1, 0.15) is 35.9 Å². The second-order valence-corrected chi connectivity index (χ2v) is 5.33. The molecule has 0 aliphatic carbocycles. The van der Waals surface area contributed by atoms with Gasteiger partial charge in [0, 0.05) is 12.6 Å². The maximum atomic E-state index is 12.1. The lowest BCUT2D eigenvalue weighted by Gasteiger charge is -2.09. The Morgan fingerprint density at radius 3 is 2.78 bits per heavy atom. The fraction of sp³-hybridized carbons (Fsp3) is 0.278. The van der Waals surface area contributed by atoms with Crippen LogP contribution in [0, 0.1) is 0 Å². The number of carbonyl (C=O) groups excluding carboxylic acids is 1. The van der Waals surface area contributed by atoms with Crippen LogP contribution in [0.3, 0.4) is 0 Å². The molecule has 3 aromatic rings. The number of nitrogens with zero attached hydrogens (tertiary/aromatic N) is 3. The summed E-state index contributed by atoms with van der Waals surface area (Å²) in [6.45, 7) is 2.26. The highest BCUT2D eigenvalue weighted by molar-refractivity contribution is 5.89. The van der Waals surface area contributed by atoms with E-state index in [0.717, 1.165) is 36.3 Å². The summed E-state index contributed by atoms with van der Waals surface area (Å²) in [5.74, 6) is 0.561. The van der Waals surface area contributed by atoms with E-state index >= 15 is 0 Å². The summed E-state index contributed by atoms with van der Waals surface area (Å²) in [7, 11) is 0. The summed E-state index contributed by atoms with van der Waals surface area (Å²) in [5, 5.41) is 0. The standard InChI is InChI=1S/C18H19N3O2/c1-2-3-11-16-20-15-10-7-12-19-17(15)21(16)13-23-18(22)14-8-5-4-6-9-14/h4-10,12H,2-3,11,13H2,1H3. The Labute approximate surface area is 134 Å². The van der Waals surface area contributed by atoms with Crippen molar-refractivity contribution in [1.29, 1.82) is 0 Å². The van der Waals surface area contributed by atoms with Crippen LogP contribution in [-0.4, -0.2) is 20.5 Å². The van der Waals surface area contributed by atoms with E-state index in [0.29, 0.717) is 5.56 Å². The van der Waals surface area contributed by atoms with Crippen LogP contribution < -0.4 is 0 Å². The van der Waals surface area contributed by atoms with E-state index in [1.807, 2.05) is 34.9 Å².